The van der Waals surface area contributed by atoms with Crippen molar-refractivity contribution in [1.82, 2.24) is 0 Å². The van der Waals surface area contributed by atoms with Crippen molar-refractivity contribution in [3.8, 4) is 5.75 Å². The average Bonchev–Trinajstić information content (AvgIpc) is 2.97. The van der Waals surface area contributed by atoms with Crippen molar-refractivity contribution in [2.75, 3.05) is 6.61 Å². The highest BCUT2D eigenvalue weighted by atomic mass is 16.6. The van der Waals surface area contributed by atoms with E-state index in [4.69, 9.17) is 14.2 Å². The van der Waals surface area contributed by atoms with Crippen LogP contribution in [0, 0.1) is 23.7 Å². The number of hydrogen-bond donors (Lipinski definition) is 0. The number of unbranched alkanes of at least 4 members (excludes halogenated alkanes) is 5. The standard InChI is InChI=1S/C34H52O6/c1-4-6-7-8-9-10-24-38-32(35)25(3)39-33(36)30-20-22-31(23-21-30)40-34(37)29-18-16-28(17-19-29)27-14-12-26(11-5-2)13-15-27/h20-23,25-29H,4-19,24H2,1-3H3/t25-,26?,27?,28?,29?/m1/s1. The molecular weight excluding hydrogens is 504 g/mol. The van der Waals surface area contributed by atoms with Gasteiger partial charge in [-0.25, -0.2) is 9.59 Å². The Morgan fingerprint density at radius 2 is 1.38 bits per heavy atom. The van der Waals surface area contributed by atoms with Gasteiger partial charge in [-0.05, 0) is 93.9 Å². The molecule has 0 bridgehead atoms. The van der Waals surface area contributed by atoms with Gasteiger partial charge in [0, 0.05) is 0 Å². The van der Waals surface area contributed by atoms with Crippen LogP contribution in [0.4, 0.5) is 0 Å². The molecule has 1 aromatic carbocycles. The summed E-state index contributed by atoms with van der Waals surface area (Å²) in [5.74, 6) is 1.57. The highest BCUT2D eigenvalue weighted by Crippen LogP contribution is 2.42. The quantitative estimate of drug-likeness (QED) is 0.122. The highest BCUT2D eigenvalue weighted by Gasteiger charge is 2.33. The summed E-state index contributed by atoms with van der Waals surface area (Å²) in [5, 5.41) is 0. The topological polar surface area (TPSA) is 78.9 Å². The maximum Gasteiger partial charge on any atom is 0.347 e. The third-order valence-corrected chi connectivity index (χ3v) is 9.03. The third-order valence-electron chi connectivity index (χ3n) is 9.03. The van der Waals surface area contributed by atoms with Gasteiger partial charge in [0.15, 0.2) is 6.10 Å². The van der Waals surface area contributed by atoms with Crippen LogP contribution in [0.2, 0.25) is 0 Å². The smallest absolute Gasteiger partial charge is 0.347 e. The molecule has 0 amide bonds. The van der Waals surface area contributed by atoms with E-state index < -0.39 is 18.0 Å². The van der Waals surface area contributed by atoms with Crippen molar-refractivity contribution in [3.05, 3.63) is 29.8 Å². The Hall–Kier alpha value is -2.37. The van der Waals surface area contributed by atoms with E-state index in [1.807, 2.05) is 0 Å². The van der Waals surface area contributed by atoms with E-state index in [2.05, 4.69) is 13.8 Å². The van der Waals surface area contributed by atoms with Crippen LogP contribution in [0.25, 0.3) is 0 Å². The third kappa shape index (κ3) is 10.6. The zero-order chi connectivity index (χ0) is 28.7. The van der Waals surface area contributed by atoms with Crippen LogP contribution >= 0.6 is 0 Å². The van der Waals surface area contributed by atoms with Gasteiger partial charge in [-0.2, -0.15) is 0 Å². The molecule has 0 aliphatic heterocycles. The molecule has 0 heterocycles. The number of carbonyl (C=O) groups excluding carboxylic acids is 3. The molecule has 3 rings (SSSR count). The number of esters is 3. The Balaban J connectivity index is 1.34. The lowest BCUT2D eigenvalue weighted by molar-refractivity contribution is -0.153. The molecule has 2 saturated carbocycles. The zero-order valence-electron chi connectivity index (χ0n) is 25.2. The summed E-state index contributed by atoms with van der Waals surface area (Å²) in [6.45, 7) is 6.32. The monoisotopic (exact) mass is 556 g/mol. The molecule has 224 valence electrons. The minimum atomic E-state index is -0.980. The molecule has 0 spiro atoms. The first-order valence-electron chi connectivity index (χ1n) is 16.1. The summed E-state index contributed by atoms with van der Waals surface area (Å²) in [6.07, 6.45) is 17.8. The predicted molar refractivity (Wildman–Crippen MR) is 157 cm³/mol. The molecule has 2 fully saturated rings. The lowest BCUT2D eigenvalue weighted by Gasteiger charge is -2.37. The Labute approximate surface area is 241 Å². The average molecular weight is 557 g/mol. The summed E-state index contributed by atoms with van der Waals surface area (Å²) in [7, 11) is 0. The molecule has 0 unspecified atom stereocenters. The van der Waals surface area contributed by atoms with Gasteiger partial charge >= 0.3 is 17.9 Å². The SMILES string of the molecule is CCCCCCCCOC(=O)[C@@H](C)OC(=O)c1ccc(OC(=O)C2CCC(C3CCC(CCC)CC3)CC2)cc1. The summed E-state index contributed by atoms with van der Waals surface area (Å²) in [6, 6.07) is 6.34. The van der Waals surface area contributed by atoms with Gasteiger partial charge in [0.1, 0.15) is 5.75 Å². The molecule has 0 radical (unpaired) electrons. The fourth-order valence-electron chi connectivity index (χ4n) is 6.49. The van der Waals surface area contributed by atoms with Gasteiger partial charge in [0.25, 0.3) is 0 Å². The second-order valence-electron chi connectivity index (χ2n) is 12.1. The molecule has 1 aromatic rings. The minimum Gasteiger partial charge on any atom is -0.463 e. The first-order chi connectivity index (χ1) is 19.4. The lowest BCUT2D eigenvalue weighted by atomic mass is 9.69. The second-order valence-corrected chi connectivity index (χ2v) is 12.1. The van der Waals surface area contributed by atoms with Crippen LogP contribution in [0.5, 0.6) is 5.75 Å². The van der Waals surface area contributed by atoms with E-state index in [9.17, 15) is 14.4 Å². The van der Waals surface area contributed by atoms with Crippen molar-refractivity contribution < 1.29 is 28.6 Å². The molecule has 2 aliphatic carbocycles. The van der Waals surface area contributed by atoms with E-state index in [-0.39, 0.29) is 11.9 Å². The Bertz CT molecular complexity index is 894. The number of rotatable bonds is 15. The number of ether oxygens (including phenoxy) is 3. The van der Waals surface area contributed by atoms with Crippen molar-refractivity contribution in [2.24, 2.45) is 23.7 Å². The molecule has 6 heteroatoms. The Kier molecular flexibility index (Phi) is 14.0. The molecular formula is C34H52O6. The maximum absolute atomic E-state index is 12.8. The van der Waals surface area contributed by atoms with E-state index in [1.165, 1.54) is 64.7 Å². The van der Waals surface area contributed by atoms with Gasteiger partial charge < -0.3 is 14.2 Å². The summed E-state index contributed by atoms with van der Waals surface area (Å²) in [4.78, 5) is 37.5. The molecule has 2 aliphatic rings. The van der Waals surface area contributed by atoms with Crippen LogP contribution in [-0.2, 0) is 19.1 Å². The van der Waals surface area contributed by atoms with Crippen molar-refractivity contribution in [2.45, 2.75) is 130 Å². The number of benzene rings is 1. The fourth-order valence-corrected chi connectivity index (χ4v) is 6.49. The molecule has 40 heavy (non-hydrogen) atoms. The van der Waals surface area contributed by atoms with Gasteiger partial charge in [0.2, 0.25) is 0 Å². The van der Waals surface area contributed by atoms with Gasteiger partial charge in [0.05, 0.1) is 18.1 Å². The van der Waals surface area contributed by atoms with E-state index in [0.717, 1.165) is 62.7 Å². The van der Waals surface area contributed by atoms with Crippen LogP contribution in [0.15, 0.2) is 24.3 Å². The summed E-state index contributed by atoms with van der Waals surface area (Å²) in [5.41, 5.74) is 0.296. The van der Waals surface area contributed by atoms with Gasteiger partial charge in [-0.1, -0.05) is 71.6 Å². The van der Waals surface area contributed by atoms with E-state index in [1.54, 1.807) is 24.3 Å². The minimum absolute atomic E-state index is 0.0551. The van der Waals surface area contributed by atoms with E-state index in [0.29, 0.717) is 17.9 Å². The molecule has 0 N–H and O–H groups in total. The van der Waals surface area contributed by atoms with Crippen LogP contribution < -0.4 is 4.74 Å². The molecule has 6 nitrogen and oxygen atoms in total. The highest BCUT2D eigenvalue weighted by molar-refractivity contribution is 5.91. The first-order valence-corrected chi connectivity index (χ1v) is 16.1. The van der Waals surface area contributed by atoms with E-state index >= 15 is 0 Å². The Morgan fingerprint density at radius 3 is 2.00 bits per heavy atom. The van der Waals surface area contributed by atoms with Crippen LogP contribution in [0.1, 0.15) is 134 Å². The van der Waals surface area contributed by atoms with Gasteiger partial charge in [-0.3, -0.25) is 4.79 Å². The van der Waals surface area contributed by atoms with Gasteiger partial charge in [-0.15, -0.1) is 0 Å². The lowest BCUT2D eigenvalue weighted by Crippen LogP contribution is -2.30. The first kappa shape index (κ1) is 32.1. The molecule has 0 aromatic heterocycles. The zero-order valence-corrected chi connectivity index (χ0v) is 25.2. The second kappa shape index (κ2) is 17.4. The number of hydrogen-bond acceptors (Lipinski definition) is 6. The van der Waals surface area contributed by atoms with Crippen molar-refractivity contribution in [3.63, 3.8) is 0 Å². The number of carbonyl (C=O) groups is 3. The molecule has 0 saturated heterocycles. The maximum atomic E-state index is 12.8. The molecule has 1 atom stereocenters. The summed E-state index contributed by atoms with van der Waals surface area (Å²) >= 11 is 0. The normalized spacial score (nSPS) is 23.7. The van der Waals surface area contributed by atoms with Crippen molar-refractivity contribution in [1.29, 1.82) is 0 Å². The van der Waals surface area contributed by atoms with Crippen LogP contribution in [-0.4, -0.2) is 30.6 Å². The van der Waals surface area contributed by atoms with Crippen LogP contribution in [0.3, 0.4) is 0 Å². The predicted octanol–water partition coefficient (Wildman–Crippen LogP) is 8.45. The fraction of sp³-hybridized carbons (Fsp3) is 0.735. The van der Waals surface area contributed by atoms with Crippen molar-refractivity contribution >= 4 is 17.9 Å². The Morgan fingerprint density at radius 1 is 0.775 bits per heavy atom. The largest absolute Gasteiger partial charge is 0.463 e. The summed E-state index contributed by atoms with van der Waals surface area (Å²) < 4.78 is 16.2.